The summed E-state index contributed by atoms with van der Waals surface area (Å²) >= 11 is 8.43. The van der Waals surface area contributed by atoms with Crippen LogP contribution in [0.1, 0.15) is 23.6 Å². The molecule has 2 aromatic rings. The molecule has 1 saturated heterocycles. The molecule has 0 unspecified atom stereocenters. The molecule has 0 aliphatic carbocycles. The van der Waals surface area contributed by atoms with E-state index in [-0.39, 0.29) is 17.3 Å². The molecule has 9 heteroatoms. The highest BCUT2D eigenvalue weighted by Crippen LogP contribution is 2.36. The Kier molecular flexibility index (Phi) is 7.05. The highest BCUT2D eigenvalue weighted by Gasteiger charge is 2.31. The van der Waals surface area contributed by atoms with Gasteiger partial charge >= 0.3 is 0 Å². The van der Waals surface area contributed by atoms with Crippen LogP contribution in [0.4, 0.5) is 0 Å². The number of carbonyl (C=O) groups excluding carboxylic acids is 2. The summed E-state index contributed by atoms with van der Waals surface area (Å²) < 4.78 is 12.2. The molecule has 1 heterocycles. The molecule has 7 nitrogen and oxygen atoms in total. The molecule has 0 bridgehead atoms. The number of carbonyl (C=O) groups is 2. The second-order valence-electron chi connectivity index (χ2n) is 6.49. The molecular formula is C22H18BrN3O4S. The van der Waals surface area contributed by atoms with E-state index in [4.69, 9.17) is 21.7 Å². The summed E-state index contributed by atoms with van der Waals surface area (Å²) in [6, 6.07) is 12.7. The maximum Gasteiger partial charge on any atom is 0.265 e. The van der Waals surface area contributed by atoms with Gasteiger partial charge in [-0.1, -0.05) is 34.1 Å². The highest BCUT2D eigenvalue weighted by atomic mass is 79.9. The number of nitrogens with zero attached hydrogens (tertiary/aromatic N) is 2. The SMILES string of the molecule is CCOc1cc(/C=C2\C(=O)NC(=S)N(C)C2=O)c(Br)cc1OCc1ccccc1C#N. The Hall–Kier alpha value is -3.22. The first kappa shape index (κ1) is 22.5. The van der Waals surface area contributed by atoms with E-state index in [0.29, 0.717) is 33.7 Å². The van der Waals surface area contributed by atoms with Crippen LogP contribution >= 0.6 is 28.1 Å². The van der Waals surface area contributed by atoms with Crippen LogP contribution in [0.15, 0.2) is 46.4 Å². The van der Waals surface area contributed by atoms with E-state index >= 15 is 0 Å². The van der Waals surface area contributed by atoms with Crippen LogP contribution in [-0.2, 0) is 16.2 Å². The minimum absolute atomic E-state index is 0.0455. The van der Waals surface area contributed by atoms with Gasteiger partial charge in [-0.15, -0.1) is 0 Å². The lowest BCUT2D eigenvalue weighted by atomic mass is 10.1. The lowest BCUT2D eigenvalue weighted by Crippen LogP contribution is -2.52. The predicted molar refractivity (Wildman–Crippen MR) is 122 cm³/mol. The summed E-state index contributed by atoms with van der Waals surface area (Å²) in [5.41, 5.74) is 1.80. The summed E-state index contributed by atoms with van der Waals surface area (Å²) in [6.07, 6.45) is 1.47. The van der Waals surface area contributed by atoms with Crippen molar-refractivity contribution < 1.29 is 19.1 Å². The van der Waals surface area contributed by atoms with Crippen LogP contribution in [0.2, 0.25) is 0 Å². The Morgan fingerprint density at radius 2 is 1.94 bits per heavy atom. The number of halogens is 1. The monoisotopic (exact) mass is 499 g/mol. The van der Waals surface area contributed by atoms with Gasteiger partial charge in [0, 0.05) is 17.1 Å². The molecule has 1 N–H and O–H groups in total. The summed E-state index contributed by atoms with van der Waals surface area (Å²) in [6.45, 7) is 2.40. The number of amides is 2. The molecule has 0 aromatic heterocycles. The first-order valence-corrected chi connectivity index (χ1v) is 10.5. The number of likely N-dealkylation sites (N-methyl/N-ethyl adjacent to an activating group) is 1. The largest absolute Gasteiger partial charge is 0.490 e. The Bertz CT molecular complexity index is 1140. The number of hydrogen-bond acceptors (Lipinski definition) is 6. The van der Waals surface area contributed by atoms with Gasteiger partial charge in [0.25, 0.3) is 11.8 Å². The maximum atomic E-state index is 12.5. The Labute approximate surface area is 193 Å². The number of ether oxygens (including phenoxy) is 2. The Morgan fingerprint density at radius 1 is 1.23 bits per heavy atom. The number of hydrogen-bond donors (Lipinski definition) is 1. The van der Waals surface area contributed by atoms with E-state index in [1.54, 1.807) is 24.3 Å². The lowest BCUT2D eigenvalue weighted by molar-refractivity contribution is -0.128. The smallest absolute Gasteiger partial charge is 0.265 e. The van der Waals surface area contributed by atoms with Gasteiger partial charge in [0.2, 0.25) is 0 Å². The quantitative estimate of drug-likeness (QED) is 0.371. The molecule has 3 rings (SSSR count). The van der Waals surface area contributed by atoms with E-state index in [2.05, 4.69) is 27.3 Å². The third kappa shape index (κ3) is 4.93. The van der Waals surface area contributed by atoms with Gasteiger partial charge in [-0.05, 0) is 49.0 Å². The van der Waals surface area contributed by atoms with Crippen molar-refractivity contribution in [1.29, 1.82) is 5.26 Å². The third-order valence-electron chi connectivity index (χ3n) is 4.49. The van der Waals surface area contributed by atoms with E-state index in [9.17, 15) is 14.9 Å². The zero-order valence-electron chi connectivity index (χ0n) is 16.8. The molecular weight excluding hydrogens is 482 g/mol. The van der Waals surface area contributed by atoms with Gasteiger partial charge < -0.3 is 9.47 Å². The topological polar surface area (TPSA) is 91.7 Å². The Morgan fingerprint density at radius 3 is 2.65 bits per heavy atom. The van der Waals surface area contributed by atoms with Crippen molar-refractivity contribution in [2.24, 2.45) is 0 Å². The van der Waals surface area contributed by atoms with Gasteiger partial charge in [0.15, 0.2) is 16.6 Å². The first-order chi connectivity index (χ1) is 14.8. The molecule has 31 heavy (non-hydrogen) atoms. The predicted octanol–water partition coefficient (Wildman–Crippen LogP) is 3.55. The van der Waals surface area contributed by atoms with Crippen molar-refractivity contribution in [2.75, 3.05) is 13.7 Å². The third-order valence-corrected chi connectivity index (χ3v) is 5.55. The normalized spacial score (nSPS) is 15.0. The van der Waals surface area contributed by atoms with Crippen LogP contribution in [0.5, 0.6) is 11.5 Å². The van der Waals surface area contributed by atoms with Crippen LogP contribution < -0.4 is 14.8 Å². The lowest BCUT2D eigenvalue weighted by Gasteiger charge is -2.25. The molecule has 158 valence electrons. The van der Waals surface area contributed by atoms with Crippen LogP contribution in [-0.4, -0.2) is 35.5 Å². The van der Waals surface area contributed by atoms with E-state index in [0.717, 1.165) is 5.56 Å². The molecule has 0 spiro atoms. The Balaban J connectivity index is 1.93. The molecule has 1 aliphatic rings. The van der Waals surface area contributed by atoms with Gasteiger partial charge in [0.05, 0.1) is 18.2 Å². The highest BCUT2D eigenvalue weighted by molar-refractivity contribution is 9.10. The van der Waals surface area contributed by atoms with Crippen molar-refractivity contribution >= 4 is 51.2 Å². The van der Waals surface area contributed by atoms with E-state index in [1.807, 2.05) is 19.1 Å². The van der Waals surface area contributed by atoms with Crippen molar-refractivity contribution in [1.82, 2.24) is 10.2 Å². The number of nitrogens with one attached hydrogen (secondary N) is 1. The second-order valence-corrected chi connectivity index (χ2v) is 7.73. The van der Waals surface area contributed by atoms with Gasteiger partial charge in [-0.3, -0.25) is 19.8 Å². The standard InChI is InChI=1S/C22H18BrN3O4S/c1-3-29-18-9-15(8-16-20(27)25-22(31)26(2)21(16)28)17(23)10-19(18)30-12-14-7-5-4-6-13(14)11-24/h4-10H,3,12H2,1-2H3,(H,25,27,31)/b16-8+. The summed E-state index contributed by atoms with van der Waals surface area (Å²) in [5.74, 6) is -0.153. The number of rotatable bonds is 6. The van der Waals surface area contributed by atoms with E-state index in [1.165, 1.54) is 18.0 Å². The average molecular weight is 500 g/mol. The van der Waals surface area contributed by atoms with Gasteiger partial charge in [0.1, 0.15) is 12.2 Å². The average Bonchev–Trinajstić information content (AvgIpc) is 2.76. The number of thiocarbonyl (C=S) groups is 1. The molecule has 0 radical (unpaired) electrons. The van der Waals surface area contributed by atoms with Crippen molar-refractivity contribution in [3.63, 3.8) is 0 Å². The summed E-state index contributed by atoms with van der Waals surface area (Å²) in [4.78, 5) is 25.9. The minimum Gasteiger partial charge on any atom is -0.490 e. The fraction of sp³-hybridized carbons (Fsp3) is 0.182. The molecule has 2 amide bonds. The summed E-state index contributed by atoms with van der Waals surface area (Å²) in [7, 11) is 1.49. The number of benzene rings is 2. The zero-order valence-corrected chi connectivity index (χ0v) is 19.2. The van der Waals surface area contributed by atoms with Crippen LogP contribution in [0.25, 0.3) is 6.08 Å². The van der Waals surface area contributed by atoms with Crippen LogP contribution in [0.3, 0.4) is 0 Å². The first-order valence-electron chi connectivity index (χ1n) is 9.28. The van der Waals surface area contributed by atoms with Gasteiger partial charge in [-0.2, -0.15) is 5.26 Å². The molecule has 1 aliphatic heterocycles. The zero-order chi connectivity index (χ0) is 22.5. The molecule has 2 aromatic carbocycles. The molecule has 1 fully saturated rings. The second kappa shape index (κ2) is 9.73. The van der Waals surface area contributed by atoms with Gasteiger partial charge in [-0.25, -0.2) is 0 Å². The molecule has 0 atom stereocenters. The van der Waals surface area contributed by atoms with E-state index < -0.39 is 11.8 Å². The van der Waals surface area contributed by atoms with Crippen molar-refractivity contribution in [3.05, 3.63) is 63.1 Å². The molecule has 0 saturated carbocycles. The fourth-order valence-corrected chi connectivity index (χ4v) is 3.47. The summed E-state index contributed by atoms with van der Waals surface area (Å²) in [5, 5.41) is 11.8. The number of nitriles is 1. The van der Waals surface area contributed by atoms with Crippen molar-refractivity contribution in [2.45, 2.75) is 13.5 Å². The fourth-order valence-electron chi connectivity index (χ4n) is 2.85. The van der Waals surface area contributed by atoms with Crippen LogP contribution in [0, 0.1) is 11.3 Å². The maximum absolute atomic E-state index is 12.5. The minimum atomic E-state index is -0.564. The van der Waals surface area contributed by atoms with Crippen molar-refractivity contribution in [3.8, 4) is 17.6 Å².